The molecule has 0 amide bonds. The maximum absolute atomic E-state index is 12.2. The number of nitrogens with zero attached hydrogens (tertiary/aromatic N) is 1. The first-order chi connectivity index (χ1) is 8.01. The molecule has 2 aromatic rings. The number of H-pyrrole nitrogens is 1. The van der Waals surface area contributed by atoms with Crippen LogP contribution < -0.4 is 5.73 Å². The van der Waals surface area contributed by atoms with Crippen molar-refractivity contribution in [2.75, 3.05) is 5.73 Å². The minimum atomic E-state index is -3.65. The lowest BCUT2D eigenvalue weighted by Gasteiger charge is -2.06. The zero-order valence-corrected chi connectivity index (χ0v) is 10.3. The van der Waals surface area contributed by atoms with Gasteiger partial charge in [0.05, 0.1) is 11.1 Å². The van der Waals surface area contributed by atoms with Crippen molar-refractivity contribution in [3.8, 4) is 0 Å². The van der Waals surface area contributed by atoms with Crippen LogP contribution in [0.15, 0.2) is 46.3 Å². The van der Waals surface area contributed by atoms with Gasteiger partial charge in [0.25, 0.3) is 0 Å². The van der Waals surface area contributed by atoms with Gasteiger partial charge in [-0.05, 0) is 24.4 Å². The highest BCUT2D eigenvalue weighted by Crippen LogP contribution is 2.22. The SMILES string of the molecule is Nc1[nH]c(=S)ncc1S(=O)(=O)c1ccccc1. The Hall–Kier alpha value is -1.73. The fourth-order valence-corrected chi connectivity index (χ4v) is 2.80. The molecule has 0 saturated carbocycles. The second-order valence-corrected chi connectivity index (χ2v) is 5.59. The topological polar surface area (TPSA) is 88.8 Å². The number of nitrogen functional groups attached to an aromatic ring is 1. The zero-order chi connectivity index (χ0) is 12.5. The third-order valence-corrected chi connectivity index (χ3v) is 4.15. The summed E-state index contributed by atoms with van der Waals surface area (Å²) in [5, 5.41) is 0. The van der Waals surface area contributed by atoms with Crippen LogP contribution in [0.3, 0.4) is 0 Å². The zero-order valence-electron chi connectivity index (χ0n) is 8.62. The number of aromatic amines is 1. The molecule has 0 saturated heterocycles. The van der Waals surface area contributed by atoms with E-state index in [0.717, 1.165) is 6.20 Å². The van der Waals surface area contributed by atoms with Gasteiger partial charge in [-0.2, -0.15) is 0 Å². The van der Waals surface area contributed by atoms with E-state index in [0.29, 0.717) is 0 Å². The summed E-state index contributed by atoms with van der Waals surface area (Å²) in [6.07, 6.45) is 1.16. The van der Waals surface area contributed by atoms with Gasteiger partial charge in [0.15, 0.2) is 4.77 Å². The molecular formula is C10H9N3O2S2. The number of benzene rings is 1. The Morgan fingerprint density at radius 3 is 2.47 bits per heavy atom. The Morgan fingerprint density at radius 1 is 1.24 bits per heavy atom. The van der Waals surface area contributed by atoms with Gasteiger partial charge in [0.2, 0.25) is 9.84 Å². The first-order valence-electron chi connectivity index (χ1n) is 4.67. The van der Waals surface area contributed by atoms with Gasteiger partial charge in [0, 0.05) is 0 Å². The largest absolute Gasteiger partial charge is 0.384 e. The van der Waals surface area contributed by atoms with Gasteiger partial charge in [0.1, 0.15) is 10.7 Å². The van der Waals surface area contributed by atoms with Gasteiger partial charge in [-0.15, -0.1) is 0 Å². The summed E-state index contributed by atoms with van der Waals surface area (Å²) in [5.41, 5.74) is 5.60. The lowest BCUT2D eigenvalue weighted by molar-refractivity contribution is 0.595. The molecule has 0 fully saturated rings. The Morgan fingerprint density at radius 2 is 1.88 bits per heavy atom. The van der Waals surface area contributed by atoms with E-state index in [9.17, 15) is 8.42 Å². The molecule has 88 valence electrons. The van der Waals surface area contributed by atoms with Crippen LogP contribution in [0.5, 0.6) is 0 Å². The summed E-state index contributed by atoms with van der Waals surface area (Å²) >= 11 is 4.76. The van der Waals surface area contributed by atoms with Crippen molar-refractivity contribution >= 4 is 27.9 Å². The van der Waals surface area contributed by atoms with Crippen molar-refractivity contribution in [2.45, 2.75) is 9.79 Å². The van der Waals surface area contributed by atoms with Crippen molar-refractivity contribution in [1.82, 2.24) is 9.97 Å². The summed E-state index contributed by atoms with van der Waals surface area (Å²) < 4.78 is 24.5. The smallest absolute Gasteiger partial charge is 0.211 e. The van der Waals surface area contributed by atoms with Crippen LogP contribution in [0.25, 0.3) is 0 Å². The van der Waals surface area contributed by atoms with E-state index in [1.165, 1.54) is 12.1 Å². The number of anilines is 1. The van der Waals surface area contributed by atoms with Crippen LogP contribution in [-0.2, 0) is 9.84 Å². The predicted molar refractivity (Wildman–Crippen MR) is 65.7 cm³/mol. The Labute approximate surface area is 103 Å². The molecule has 0 aliphatic carbocycles. The molecule has 0 spiro atoms. The van der Waals surface area contributed by atoms with Crippen LogP contribution in [0.4, 0.5) is 5.82 Å². The van der Waals surface area contributed by atoms with Crippen molar-refractivity contribution in [1.29, 1.82) is 0 Å². The van der Waals surface area contributed by atoms with Crippen LogP contribution in [0.2, 0.25) is 0 Å². The lowest BCUT2D eigenvalue weighted by atomic mass is 10.4. The number of nitrogens with one attached hydrogen (secondary N) is 1. The highest BCUT2D eigenvalue weighted by Gasteiger charge is 2.20. The third kappa shape index (κ3) is 2.20. The monoisotopic (exact) mass is 267 g/mol. The second-order valence-electron chi connectivity index (χ2n) is 3.28. The van der Waals surface area contributed by atoms with E-state index in [-0.39, 0.29) is 20.4 Å². The number of hydrogen-bond donors (Lipinski definition) is 2. The molecule has 1 heterocycles. The molecule has 5 nitrogen and oxygen atoms in total. The molecule has 0 aliphatic heterocycles. The Kier molecular flexibility index (Phi) is 2.95. The van der Waals surface area contributed by atoms with Crippen LogP contribution in [0, 0.1) is 4.77 Å². The van der Waals surface area contributed by atoms with Gasteiger partial charge in [-0.1, -0.05) is 18.2 Å². The predicted octanol–water partition coefficient (Wildman–Crippen LogP) is 1.55. The number of aromatic nitrogens is 2. The van der Waals surface area contributed by atoms with Crippen LogP contribution in [0.1, 0.15) is 0 Å². The minimum Gasteiger partial charge on any atom is -0.384 e. The van der Waals surface area contributed by atoms with E-state index in [4.69, 9.17) is 18.0 Å². The highest BCUT2D eigenvalue weighted by atomic mass is 32.2. The molecule has 17 heavy (non-hydrogen) atoms. The summed E-state index contributed by atoms with van der Waals surface area (Å²) in [4.78, 5) is 6.34. The quantitative estimate of drug-likeness (QED) is 0.806. The summed E-state index contributed by atoms with van der Waals surface area (Å²) in [7, 11) is -3.65. The summed E-state index contributed by atoms with van der Waals surface area (Å²) in [6.45, 7) is 0. The standard InChI is InChI=1S/C10H9N3O2S2/c11-9-8(6-12-10(16)13-9)17(14,15)7-4-2-1-3-5-7/h1-6H,(H3,11,12,13,16). The number of sulfone groups is 1. The normalized spacial score (nSPS) is 11.3. The summed E-state index contributed by atoms with van der Waals surface area (Å²) in [6, 6.07) is 8.01. The van der Waals surface area contributed by atoms with E-state index >= 15 is 0 Å². The van der Waals surface area contributed by atoms with Crippen LogP contribution in [-0.4, -0.2) is 18.4 Å². The molecule has 0 unspecified atom stereocenters. The van der Waals surface area contributed by atoms with Gasteiger partial charge in [-0.25, -0.2) is 13.4 Å². The molecule has 7 heteroatoms. The molecule has 0 radical (unpaired) electrons. The van der Waals surface area contributed by atoms with Crippen molar-refractivity contribution in [3.05, 3.63) is 41.3 Å². The average molecular weight is 267 g/mol. The molecule has 1 aromatic heterocycles. The molecule has 3 N–H and O–H groups in total. The Bertz CT molecular complexity index is 693. The molecule has 1 aromatic carbocycles. The maximum Gasteiger partial charge on any atom is 0.211 e. The average Bonchev–Trinajstić information content (AvgIpc) is 2.29. The molecule has 0 bridgehead atoms. The lowest BCUT2D eigenvalue weighted by Crippen LogP contribution is -2.08. The van der Waals surface area contributed by atoms with E-state index in [1.807, 2.05) is 0 Å². The number of hydrogen-bond acceptors (Lipinski definition) is 5. The first kappa shape index (κ1) is 11.7. The maximum atomic E-state index is 12.2. The van der Waals surface area contributed by atoms with Gasteiger partial charge < -0.3 is 10.7 Å². The molecular weight excluding hydrogens is 258 g/mol. The van der Waals surface area contributed by atoms with Gasteiger partial charge in [-0.3, -0.25) is 0 Å². The van der Waals surface area contributed by atoms with E-state index < -0.39 is 9.84 Å². The summed E-state index contributed by atoms with van der Waals surface area (Å²) in [5.74, 6) is -0.00569. The highest BCUT2D eigenvalue weighted by molar-refractivity contribution is 7.91. The van der Waals surface area contributed by atoms with Gasteiger partial charge >= 0.3 is 0 Å². The fourth-order valence-electron chi connectivity index (χ4n) is 1.34. The van der Waals surface area contributed by atoms with E-state index in [2.05, 4.69) is 9.97 Å². The first-order valence-corrected chi connectivity index (χ1v) is 6.56. The van der Waals surface area contributed by atoms with Crippen molar-refractivity contribution < 1.29 is 8.42 Å². The number of nitrogens with two attached hydrogens (primary N) is 1. The van der Waals surface area contributed by atoms with Crippen molar-refractivity contribution in [2.24, 2.45) is 0 Å². The molecule has 2 rings (SSSR count). The second kappa shape index (κ2) is 4.27. The fraction of sp³-hybridized carbons (Fsp3) is 0. The van der Waals surface area contributed by atoms with E-state index in [1.54, 1.807) is 18.2 Å². The molecule has 0 atom stereocenters. The van der Waals surface area contributed by atoms with Crippen molar-refractivity contribution in [3.63, 3.8) is 0 Å². The third-order valence-electron chi connectivity index (χ3n) is 2.15. The van der Waals surface area contributed by atoms with Crippen LogP contribution >= 0.6 is 12.2 Å². The Balaban J connectivity index is 2.65. The number of rotatable bonds is 2. The molecule has 0 aliphatic rings. The minimum absolute atomic E-state index is 0.00569.